The van der Waals surface area contributed by atoms with Gasteiger partial charge in [0.2, 0.25) is 0 Å². The number of hydrogen-bond acceptors (Lipinski definition) is 2. The summed E-state index contributed by atoms with van der Waals surface area (Å²) in [6.07, 6.45) is 0. The molecule has 20 heavy (non-hydrogen) atoms. The van der Waals surface area contributed by atoms with Crippen molar-refractivity contribution in [1.29, 1.82) is 0 Å². The van der Waals surface area contributed by atoms with Crippen molar-refractivity contribution < 1.29 is 9.59 Å². The zero-order valence-electron chi connectivity index (χ0n) is 10.6. The van der Waals surface area contributed by atoms with Crippen LogP contribution in [-0.2, 0) is 0 Å². The van der Waals surface area contributed by atoms with Crippen molar-refractivity contribution in [3.8, 4) is 0 Å². The van der Waals surface area contributed by atoms with E-state index in [0.717, 1.165) is 3.57 Å². The molecule has 0 spiro atoms. The zero-order valence-corrected chi connectivity index (χ0v) is 13.5. The molecule has 0 unspecified atom stereocenters. The Morgan fingerprint density at radius 2 is 1.75 bits per heavy atom. The summed E-state index contributed by atoms with van der Waals surface area (Å²) >= 11 is 8.14. The Bertz CT molecular complexity index is 668. The number of carbonyl (C=O) groups excluding carboxylic acids is 2. The van der Waals surface area contributed by atoms with E-state index in [1.807, 2.05) is 6.07 Å². The molecule has 3 nitrogen and oxygen atoms in total. The first-order valence-corrected chi connectivity index (χ1v) is 7.30. The van der Waals surface area contributed by atoms with Gasteiger partial charge in [-0.25, -0.2) is 0 Å². The Balaban J connectivity index is 2.19. The second kappa shape index (κ2) is 6.37. The van der Waals surface area contributed by atoms with Gasteiger partial charge in [0.15, 0.2) is 5.78 Å². The summed E-state index contributed by atoms with van der Waals surface area (Å²) in [5.41, 5.74) is 1.65. The molecular formula is C15H11ClINO2. The molecule has 2 rings (SSSR count). The lowest BCUT2D eigenvalue weighted by Crippen LogP contribution is -2.12. The molecule has 0 atom stereocenters. The van der Waals surface area contributed by atoms with Gasteiger partial charge in [-0.2, -0.15) is 0 Å². The molecule has 0 bridgehead atoms. The number of halogens is 2. The standard InChI is InChI=1S/C15H11ClINO2/c1-9(19)10-2-5-12(6-3-10)18-15(20)13-8-11(17)4-7-14(13)16/h2-8H,1H3,(H,18,20). The molecule has 0 aromatic heterocycles. The van der Waals surface area contributed by atoms with Gasteiger partial charge in [0.05, 0.1) is 10.6 Å². The fourth-order valence-electron chi connectivity index (χ4n) is 1.66. The summed E-state index contributed by atoms with van der Waals surface area (Å²) in [6.45, 7) is 1.50. The third-order valence-electron chi connectivity index (χ3n) is 2.72. The molecule has 0 aliphatic rings. The number of hydrogen-bond donors (Lipinski definition) is 1. The first-order chi connectivity index (χ1) is 9.47. The number of anilines is 1. The van der Waals surface area contributed by atoms with E-state index < -0.39 is 0 Å². The van der Waals surface area contributed by atoms with Crippen molar-refractivity contribution in [2.24, 2.45) is 0 Å². The second-order valence-electron chi connectivity index (χ2n) is 4.21. The Hall–Kier alpha value is -1.40. The largest absolute Gasteiger partial charge is 0.322 e. The molecule has 0 saturated heterocycles. The van der Waals surface area contributed by atoms with E-state index in [9.17, 15) is 9.59 Å². The summed E-state index contributed by atoms with van der Waals surface area (Å²) in [7, 11) is 0. The molecule has 0 radical (unpaired) electrons. The lowest BCUT2D eigenvalue weighted by atomic mass is 10.1. The molecule has 1 amide bonds. The predicted molar refractivity (Wildman–Crippen MR) is 88.6 cm³/mol. The van der Waals surface area contributed by atoms with Gasteiger partial charge in [0.1, 0.15) is 0 Å². The number of carbonyl (C=O) groups is 2. The van der Waals surface area contributed by atoms with Crippen LogP contribution in [0.25, 0.3) is 0 Å². The van der Waals surface area contributed by atoms with E-state index in [4.69, 9.17) is 11.6 Å². The van der Waals surface area contributed by atoms with Crippen LogP contribution in [0.3, 0.4) is 0 Å². The predicted octanol–water partition coefficient (Wildman–Crippen LogP) is 4.40. The SMILES string of the molecule is CC(=O)c1ccc(NC(=O)c2cc(I)ccc2Cl)cc1. The van der Waals surface area contributed by atoms with Crippen molar-refractivity contribution in [2.45, 2.75) is 6.92 Å². The van der Waals surface area contributed by atoms with Gasteiger partial charge in [-0.3, -0.25) is 9.59 Å². The maximum Gasteiger partial charge on any atom is 0.257 e. The van der Waals surface area contributed by atoms with Crippen molar-refractivity contribution in [1.82, 2.24) is 0 Å². The fourth-order valence-corrected chi connectivity index (χ4v) is 2.35. The van der Waals surface area contributed by atoms with Crippen LogP contribution in [0.2, 0.25) is 5.02 Å². The Labute approximate surface area is 135 Å². The number of nitrogens with one attached hydrogen (secondary N) is 1. The molecule has 1 N–H and O–H groups in total. The number of benzene rings is 2. The molecule has 2 aromatic rings. The average Bonchev–Trinajstić information content (AvgIpc) is 2.42. The molecule has 2 aromatic carbocycles. The van der Waals surface area contributed by atoms with Gasteiger partial charge in [-0.05, 0) is 72.0 Å². The van der Waals surface area contributed by atoms with Crippen LogP contribution in [0, 0.1) is 3.57 Å². The van der Waals surface area contributed by atoms with E-state index in [0.29, 0.717) is 21.8 Å². The van der Waals surface area contributed by atoms with Gasteiger partial charge in [0.25, 0.3) is 5.91 Å². The lowest BCUT2D eigenvalue weighted by molar-refractivity contribution is 0.101. The van der Waals surface area contributed by atoms with Gasteiger partial charge in [0, 0.05) is 14.8 Å². The van der Waals surface area contributed by atoms with Gasteiger partial charge >= 0.3 is 0 Å². The summed E-state index contributed by atoms with van der Waals surface area (Å²) in [5, 5.41) is 3.16. The Morgan fingerprint density at radius 1 is 1.10 bits per heavy atom. The van der Waals surface area contributed by atoms with E-state index >= 15 is 0 Å². The van der Waals surface area contributed by atoms with Crippen LogP contribution < -0.4 is 5.32 Å². The number of ketones is 1. The molecule has 0 aliphatic carbocycles. The molecule has 0 heterocycles. The van der Waals surface area contributed by atoms with Gasteiger partial charge < -0.3 is 5.32 Å². The summed E-state index contributed by atoms with van der Waals surface area (Å²) in [4.78, 5) is 23.3. The normalized spacial score (nSPS) is 10.2. The average molecular weight is 400 g/mol. The maximum absolute atomic E-state index is 12.1. The quantitative estimate of drug-likeness (QED) is 0.614. The lowest BCUT2D eigenvalue weighted by Gasteiger charge is -2.07. The van der Waals surface area contributed by atoms with E-state index in [1.165, 1.54) is 6.92 Å². The van der Waals surface area contributed by atoms with Crippen molar-refractivity contribution in [3.05, 3.63) is 62.2 Å². The van der Waals surface area contributed by atoms with Crippen molar-refractivity contribution in [3.63, 3.8) is 0 Å². The molecule has 0 saturated carbocycles. The van der Waals surface area contributed by atoms with Gasteiger partial charge in [-0.15, -0.1) is 0 Å². The third-order valence-corrected chi connectivity index (χ3v) is 3.72. The molecule has 0 aliphatic heterocycles. The Kier molecular flexibility index (Phi) is 4.77. The van der Waals surface area contributed by atoms with Crippen LogP contribution in [-0.4, -0.2) is 11.7 Å². The first-order valence-electron chi connectivity index (χ1n) is 5.85. The number of amides is 1. The third kappa shape index (κ3) is 3.58. The van der Waals surface area contributed by atoms with E-state index in [1.54, 1.807) is 36.4 Å². The maximum atomic E-state index is 12.1. The highest BCUT2D eigenvalue weighted by atomic mass is 127. The van der Waals surface area contributed by atoms with Gasteiger partial charge in [-0.1, -0.05) is 11.6 Å². The smallest absolute Gasteiger partial charge is 0.257 e. The molecule has 0 fully saturated rings. The Morgan fingerprint density at radius 3 is 2.35 bits per heavy atom. The van der Waals surface area contributed by atoms with Crippen LogP contribution in [0.4, 0.5) is 5.69 Å². The topological polar surface area (TPSA) is 46.2 Å². The molecule has 102 valence electrons. The summed E-state index contributed by atoms with van der Waals surface area (Å²) in [5.74, 6) is -0.285. The number of Topliss-reactive ketones (excluding diaryl/α,β-unsaturated/α-hetero) is 1. The molecule has 5 heteroatoms. The van der Waals surface area contributed by atoms with Crippen LogP contribution in [0.1, 0.15) is 27.6 Å². The molecular weight excluding hydrogens is 389 g/mol. The zero-order chi connectivity index (χ0) is 14.7. The van der Waals surface area contributed by atoms with Crippen LogP contribution >= 0.6 is 34.2 Å². The van der Waals surface area contributed by atoms with Crippen molar-refractivity contribution >= 4 is 51.6 Å². The van der Waals surface area contributed by atoms with E-state index in [2.05, 4.69) is 27.9 Å². The fraction of sp³-hybridized carbons (Fsp3) is 0.0667. The van der Waals surface area contributed by atoms with Crippen LogP contribution in [0.5, 0.6) is 0 Å². The van der Waals surface area contributed by atoms with Crippen LogP contribution in [0.15, 0.2) is 42.5 Å². The monoisotopic (exact) mass is 399 g/mol. The highest BCUT2D eigenvalue weighted by Gasteiger charge is 2.11. The summed E-state index contributed by atoms with van der Waals surface area (Å²) < 4.78 is 0.934. The summed E-state index contributed by atoms with van der Waals surface area (Å²) in [6, 6.07) is 12.0. The minimum Gasteiger partial charge on any atom is -0.322 e. The first kappa shape index (κ1) is 15.0. The second-order valence-corrected chi connectivity index (χ2v) is 5.86. The number of rotatable bonds is 3. The minimum atomic E-state index is -0.274. The van der Waals surface area contributed by atoms with Crippen molar-refractivity contribution in [2.75, 3.05) is 5.32 Å². The van der Waals surface area contributed by atoms with E-state index in [-0.39, 0.29) is 11.7 Å². The minimum absolute atomic E-state index is 0.0106. The highest BCUT2D eigenvalue weighted by Crippen LogP contribution is 2.20. The highest BCUT2D eigenvalue weighted by molar-refractivity contribution is 14.1.